The molecule has 0 bridgehead atoms. The second kappa shape index (κ2) is 11.4. The molecule has 0 fully saturated rings. The van der Waals surface area contributed by atoms with Crippen molar-refractivity contribution in [2.75, 3.05) is 6.16 Å². The summed E-state index contributed by atoms with van der Waals surface area (Å²) in [5.74, 6) is -0.247. The van der Waals surface area contributed by atoms with Crippen LogP contribution in [0.2, 0.25) is 0 Å². The van der Waals surface area contributed by atoms with E-state index in [1.165, 1.54) is 40.4 Å². The van der Waals surface area contributed by atoms with Gasteiger partial charge in [-0.2, -0.15) is 0 Å². The molecule has 0 aliphatic carbocycles. The van der Waals surface area contributed by atoms with Crippen molar-refractivity contribution >= 4 is 43.0 Å². The van der Waals surface area contributed by atoms with Gasteiger partial charge in [0.05, 0.1) is 0 Å². The molecule has 0 unspecified atom stereocenters. The molecular weight excluding hydrogens is 571 g/mol. The number of hydrogen-bond acceptors (Lipinski definition) is 3. The molecule has 1 N–H and O–H groups in total. The van der Waals surface area contributed by atoms with E-state index in [4.69, 9.17) is 0 Å². The van der Waals surface area contributed by atoms with E-state index in [0.29, 0.717) is 11.7 Å². The van der Waals surface area contributed by atoms with Gasteiger partial charge in [-0.3, -0.25) is 0 Å². The fraction of sp³-hybridized carbons (Fsp3) is 0.219. The maximum absolute atomic E-state index is 13.5. The second-order valence-electron chi connectivity index (χ2n) is 11.1. The zero-order valence-corrected chi connectivity index (χ0v) is 24.9. The monoisotopic (exact) mass is 604 g/mol. The molecule has 0 aromatic heterocycles. The van der Waals surface area contributed by atoms with E-state index >= 15 is 0 Å². The van der Waals surface area contributed by atoms with E-state index in [0.717, 1.165) is 6.16 Å². The number of nitro benzene ring substituents is 1. The summed E-state index contributed by atoms with van der Waals surface area (Å²) in [6.45, 7) is 6.42. The summed E-state index contributed by atoms with van der Waals surface area (Å²) in [7, 11) is 0. The van der Waals surface area contributed by atoms with Gasteiger partial charge in [0.25, 0.3) is 0 Å². The first-order chi connectivity index (χ1) is 18.5. The van der Waals surface area contributed by atoms with Gasteiger partial charge in [-0.05, 0) is 0 Å². The molecule has 0 spiro atoms. The molecule has 0 aliphatic heterocycles. The van der Waals surface area contributed by atoms with Crippen molar-refractivity contribution in [1.82, 2.24) is 5.32 Å². The van der Waals surface area contributed by atoms with E-state index in [-0.39, 0.29) is 23.1 Å². The Kier molecular flexibility index (Phi) is 8.39. The predicted molar refractivity (Wildman–Crippen MR) is 167 cm³/mol. The number of carbonyl (C=O) groups excluding carboxylic acids is 1. The minimum absolute atomic E-state index is 0.0414. The molecule has 0 heterocycles. The van der Waals surface area contributed by atoms with Gasteiger partial charge in [0.1, 0.15) is 0 Å². The van der Waals surface area contributed by atoms with Crippen molar-refractivity contribution in [3.8, 4) is 0 Å². The Morgan fingerprint density at radius 1 is 0.821 bits per heavy atom. The molecule has 4 rings (SSSR count). The first kappa shape index (κ1) is 28.7. The Labute approximate surface area is 238 Å². The quantitative estimate of drug-likeness (QED) is 0.122. The summed E-state index contributed by atoms with van der Waals surface area (Å²) in [6, 6.07) is 37.2. The van der Waals surface area contributed by atoms with Gasteiger partial charge in [0.2, 0.25) is 0 Å². The minimum atomic E-state index is -3.17. The van der Waals surface area contributed by atoms with E-state index < -0.39 is 10.2 Å². The van der Waals surface area contributed by atoms with Crippen LogP contribution in [-0.2, 0) is 6.16 Å². The molecular formula is C32H34BrN2O3P. The normalized spacial score (nSPS) is 13.6. The fourth-order valence-electron chi connectivity index (χ4n) is 5.00. The van der Waals surface area contributed by atoms with E-state index in [1.54, 1.807) is 0 Å². The summed E-state index contributed by atoms with van der Waals surface area (Å²) in [5, 5.41) is 13.7. The number of non-ortho nitro benzene ring substituents is 1. The van der Waals surface area contributed by atoms with Gasteiger partial charge in [-0.25, -0.2) is 0 Å². The molecule has 202 valence electrons. The van der Waals surface area contributed by atoms with Crippen LogP contribution in [0.25, 0.3) is 0 Å². The predicted octanol–water partition coefficient (Wildman–Crippen LogP) is 7.45. The third kappa shape index (κ3) is 6.29. The van der Waals surface area contributed by atoms with Crippen molar-refractivity contribution in [1.29, 1.82) is 0 Å². The zero-order valence-electron chi connectivity index (χ0n) is 22.5. The standard InChI is InChI=1S/C32H34BrN2O3P/c1-32(2,3)30(34-31(36)26-19-21-27(22-20-26)35(37)38)24-39(33,28-15-9-5-10-16-28,29-17-11-6-12-18-29)23-25-13-7-4-8-14-25/h4-22,30H,23-24H2,1-3H3,(H,34,36)/t30-/m1/s1. The molecule has 4 aromatic carbocycles. The van der Waals surface area contributed by atoms with Crippen molar-refractivity contribution < 1.29 is 9.72 Å². The molecule has 4 aromatic rings. The maximum atomic E-state index is 13.5. The van der Waals surface area contributed by atoms with Crippen molar-refractivity contribution in [3.05, 3.63) is 137 Å². The van der Waals surface area contributed by atoms with Gasteiger partial charge in [-0.15, -0.1) is 0 Å². The number of rotatable bonds is 9. The Bertz CT molecular complexity index is 1380. The number of hydrogen-bond donors (Lipinski definition) is 1. The number of amides is 1. The first-order valence-electron chi connectivity index (χ1n) is 12.9. The van der Waals surface area contributed by atoms with Gasteiger partial charge < -0.3 is 0 Å². The number of nitrogens with one attached hydrogen (secondary N) is 1. The Morgan fingerprint density at radius 2 is 1.28 bits per heavy atom. The first-order valence-corrected chi connectivity index (χ1v) is 17.6. The average molecular weight is 606 g/mol. The van der Waals surface area contributed by atoms with Crippen molar-refractivity contribution in [2.24, 2.45) is 5.41 Å². The molecule has 1 amide bonds. The number of carbonyl (C=O) groups is 1. The molecule has 0 saturated heterocycles. The van der Waals surface area contributed by atoms with E-state index in [9.17, 15) is 14.9 Å². The van der Waals surface area contributed by atoms with Crippen LogP contribution in [0.4, 0.5) is 5.69 Å². The number of nitrogens with zero attached hydrogens (tertiary/aromatic N) is 1. The topological polar surface area (TPSA) is 72.2 Å². The number of benzene rings is 4. The van der Waals surface area contributed by atoms with Crippen molar-refractivity contribution in [3.63, 3.8) is 0 Å². The van der Waals surface area contributed by atoms with Gasteiger partial charge in [0, 0.05) is 0 Å². The summed E-state index contributed by atoms with van der Waals surface area (Å²) < 4.78 is 0. The molecule has 0 saturated carbocycles. The Balaban J connectivity index is 1.85. The summed E-state index contributed by atoms with van der Waals surface area (Å²) in [4.78, 5) is 24.2. The fourth-order valence-corrected chi connectivity index (χ4v) is 13.5. The average Bonchev–Trinajstić information content (AvgIpc) is 2.94. The molecule has 0 aliphatic rings. The second-order valence-corrected chi connectivity index (χ2v) is 20.7. The molecule has 0 radical (unpaired) electrons. The van der Waals surface area contributed by atoms with Crippen LogP contribution in [0.5, 0.6) is 0 Å². The van der Waals surface area contributed by atoms with Gasteiger partial charge >= 0.3 is 239 Å². The van der Waals surface area contributed by atoms with Crippen LogP contribution in [0, 0.1) is 15.5 Å². The van der Waals surface area contributed by atoms with Crippen LogP contribution in [0.15, 0.2) is 115 Å². The summed E-state index contributed by atoms with van der Waals surface area (Å²) in [6.07, 6.45) is 1.46. The summed E-state index contributed by atoms with van der Waals surface area (Å²) in [5.41, 5.74) is 1.29. The van der Waals surface area contributed by atoms with Gasteiger partial charge in [-0.1, -0.05) is 0 Å². The van der Waals surface area contributed by atoms with Crippen LogP contribution in [-0.4, -0.2) is 23.0 Å². The summed E-state index contributed by atoms with van der Waals surface area (Å²) >= 11 is 4.52. The van der Waals surface area contributed by atoms with E-state index in [1.807, 2.05) is 18.2 Å². The Morgan fingerprint density at radius 3 is 1.72 bits per heavy atom. The number of halogens is 1. The SMILES string of the molecule is CC(C)(C)[C@@H](CP(Br)(Cc1ccccc1)(c1ccccc1)c1ccccc1)NC(=O)c1ccc([N+](=O)[O-])cc1. The van der Waals surface area contributed by atoms with E-state index in [2.05, 4.69) is 114 Å². The molecule has 1 atom stereocenters. The molecule has 7 heteroatoms. The third-order valence-corrected chi connectivity index (χ3v) is 16.5. The van der Waals surface area contributed by atoms with Gasteiger partial charge in [0.15, 0.2) is 0 Å². The van der Waals surface area contributed by atoms with Crippen molar-refractivity contribution in [2.45, 2.75) is 33.0 Å². The number of nitro groups is 1. The van der Waals surface area contributed by atoms with Crippen LogP contribution < -0.4 is 15.9 Å². The molecule has 39 heavy (non-hydrogen) atoms. The Hall–Kier alpha value is -3.34. The van der Waals surface area contributed by atoms with Crippen LogP contribution >= 0.6 is 20.8 Å². The third-order valence-electron chi connectivity index (χ3n) is 7.31. The molecule has 5 nitrogen and oxygen atoms in total. The zero-order chi connectivity index (χ0) is 28.1. The van der Waals surface area contributed by atoms with Crippen LogP contribution in [0.3, 0.4) is 0 Å². The van der Waals surface area contributed by atoms with Crippen LogP contribution in [0.1, 0.15) is 36.7 Å².